The first-order valence-electron chi connectivity index (χ1n) is 9.62. The molecule has 0 bridgehead atoms. The van der Waals surface area contributed by atoms with Crippen LogP contribution in [-0.4, -0.2) is 45.0 Å². The van der Waals surface area contributed by atoms with E-state index in [0.29, 0.717) is 19.8 Å². The van der Waals surface area contributed by atoms with Crippen molar-refractivity contribution in [2.75, 3.05) is 33.9 Å². The number of methoxy groups -OCH3 is 1. The number of ether oxygens (including phenoxy) is 2. The van der Waals surface area contributed by atoms with Crippen molar-refractivity contribution in [3.8, 4) is 5.75 Å². The van der Waals surface area contributed by atoms with Gasteiger partial charge in [0.15, 0.2) is 5.96 Å². The summed E-state index contributed by atoms with van der Waals surface area (Å²) in [5, 5.41) is 10.7. The largest absolute Gasteiger partial charge is 0.491 e. The van der Waals surface area contributed by atoms with E-state index in [0.717, 1.165) is 53.7 Å². The molecule has 0 saturated heterocycles. The lowest BCUT2D eigenvalue weighted by Crippen LogP contribution is -2.37. The Labute approximate surface area is 190 Å². The average molecular weight is 516 g/mol. The van der Waals surface area contributed by atoms with Gasteiger partial charge in [0.2, 0.25) is 0 Å². The van der Waals surface area contributed by atoms with Gasteiger partial charge in [-0.05, 0) is 45.2 Å². The Balaban J connectivity index is 0.00000420. The molecule has 0 fully saturated rings. The second-order valence-corrected chi connectivity index (χ2v) is 6.71. The fourth-order valence-electron chi connectivity index (χ4n) is 2.91. The van der Waals surface area contributed by atoms with Crippen LogP contribution in [0.2, 0.25) is 0 Å². The van der Waals surface area contributed by atoms with Crippen molar-refractivity contribution in [2.45, 2.75) is 40.2 Å². The van der Waals surface area contributed by atoms with Gasteiger partial charge in [0.05, 0.1) is 12.3 Å². The molecular formula is C21H33IN4O3. The molecule has 2 rings (SSSR count). The third-order valence-electron chi connectivity index (χ3n) is 4.51. The highest BCUT2D eigenvalue weighted by Gasteiger charge is 2.09. The predicted octanol–water partition coefficient (Wildman–Crippen LogP) is 3.54. The number of aromatic nitrogens is 1. The first-order valence-corrected chi connectivity index (χ1v) is 9.62. The van der Waals surface area contributed by atoms with Crippen LogP contribution in [0, 0.1) is 20.8 Å². The number of guanidine groups is 1. The number of hydrogen-bond acceptors (Lipinski definition) is 5. The third kappa shape index (κ3) is 8.22. The minimum absolute atomic E-state index is 0. The molecule has 1 heterocycles. The maximum atomic E-state index is 5.85. The topological polar surface area (TPSA) is 80.9 Å². The number of nitrogens with one attached hydrogen (secondary N) is 2. The summed E-state index contributed by atoms with van der Waals surface area (Å²) in [5.41, 5.74) is 4.42. The van der Waals surface area contributed by atoms with E-state index in [-0.39, 0.29) is 24.0 Å². The minimum atomic E-state index is 0. The first kappa shape index (κ1) is 25.2. The van der Waals surface area contributed by atoms with Crippen molar-refractivity contribution in [1.82, 2.24) is 15.8 Å². The molecule has 7 nitrogen and oxygen atoms in total. The molecule has 1 aromatic carbocycles. The van der Waals surface area contributed by atoms with Gasteiger partial charge >= 0.3 is 0 Å². The lowest BCUT2D eigenvalue weighted by molar-refractivity contribution is 0.145. The van der Waals surface area contributed by atoms with Gasteiger partial charge in [-0.25, -0.2) is 0 Å². The van der Waals surface area contributed by atoms with Crippen LogP contribution >= 0.6 is 24.0 Å². The molecule has 2 aromatic rings. The van der Waals surface area contributed by atoms with Crippen LogP contribution in [0.4, 0.5) is 0 Å². The number of aryl methyl sites for hydroxylation is 3. The van der Waals surface area contributed by atoms with Gasteiger partial charge in [0, 0.05) is 38.4 Å². The van der Waals surface area contributed by atoms with Gasteiger partial charge in [-0.15, -0.1) is 24.0 Å². The van der Waals surface area contributed by atoms with E-state index in [1.807, 2.05) is 19.9 Å². The Hall–Kier alpha value is -1.81. The zero-order chi connectivity index (χ0) is 20.4. The quantitative estimate of drug-likeness (QED) is 0.218. The van der Waals surface area contributed by atoms with Crippen molar-refractivity contribution in [1.29, 1.82) is 0 Å². The fraction of sp³-hybridized carbons (Fsp3) is 0.524. The van der Waals surface area contributed by atoms with Crippen LogP contribution < -0.4 is 15.4 Å². The van der Waals surface area contributed by atoms with Crippen LogP contribution in [0.15, 0.2) is 27.7 Å². The Morgan fingerprint density at radius 1 is 1.17 bits per heavy atom. The highest BCUT2D eigenvalue weighted by atomic mass is 127. The van der Waals surface area contributed by atoms with Gasteiger partial charge < -0.3 is 24.6 Å². The Morgan fingerprint density at radius 2 is 1.97 bits per heavy atom. The van der Waals surface area contributed by atoms with E-state index in [2.05, 4.69) is 39.8 Å². The number of halogens is 1. The molecule has 162 valence electrons. The molecule has 29 heavy (non-hydrogen) atoms. The smallest absolute Gasteiger partial charge is 0.191 e. The van der Waals surface area contributed by atoms with Crippen LogP contribution in [0.25, 0.3) is 0 Å². The number of nitrogens with zero attached hydrogens (tertiary/aromatic N) is 2. The van der Waals surface area contributed by atoms with Gasteiger partial charge in [-0.3, -0.25) is 4.99 Å². The second kappa shape index (κ2) is 13.4. The molecule has 0 aliphatic heterocycles. The first-order chi connectivity index (χ1) is 13.5. The van der Waals surface area contributed by atoms with E-state index in [1.54, 1.807) is 14.2 Å². The monoisotopic (exact) mass is 516 g/mol. The summed E-state index contributed by atoms with van der Waals surface area (Å²) in [5.74, 6) is 2.54. The third-order valence-corrected chi connectivity index (χ3v) is 4.51. The molecule has 0 amide bonds. The summed E-state index contributed by atoms with van der Waals surface area (Å²) in [6.45, 7) is 8.53. The molecule has 0 spiro atoms. The van der Waals surface area contributed by atoms with E-state index >= 15 is 0 Å². The molecule has 0 unspecified atom stereocenters. The summed E-state index contributed by atoms with van der Waals surface area (Å²) in [7, 11) is 3.44. The van der Waals surface area contributed by atoms with E-state index in [1.165, 1.54) is 5.56 Å². The van der Waals surface area contributed by atoms with Crippen LogP contribution in [-0.2, 0) is 17.7 Å². The summed E-state index contributed by atoms with van der Waals surface area (Å²) >= 11 is 0. The minimum Gasteiger partial charge on any atom is -0.491 e. The molecule has 0 atom stereocenters. The van der Waals surface area contributed by atoms with Gasteiger partial charge in [-0.1, -0.05) is 17.3 Å². The van der Waals surface area contributed by atoms with Gasteiger partial charge in [0.1, 0.15) is 18.1 Å². The molecule has 1 aromatic heterocycles. The molecule has 0 aliphatic rings. The zero-order valence-corrected chi connectivity index (χ0v) is 20.3. The van der Waals surface area contributed by atoms with Crippen molar-refractivity contribution in [2.24, 2.45) is 4.99 Å². The van der Waals surface area contributed by atoms with Crippen molar-refractivity contribution >= 4 is 29.9 Å². The zero-order valence-electron chi connectivity index (χ0n) is 18.0. The number of rotatable bonds is 10. The number of benzene rings is 1. The molecular weight excluding hydrogens is 483 g/mol. The number of aliphatic imine (C=N–C) groups is 1. The summed E-state index contributed by atoms with van der Waals surface area (Å²) in [4.78, 5) is 4.30. The van der Waals surface area contributed by atoms with Gasteiger partial charge in [-0.2, -0.15) is 0 Å². The van der Waals surface area contributed by atoms with E-state index in [4.69, 9.17) is 14.0 Å². The van der Waals surface area contributed by atoms with Crippen molar-refractivity contribution in [3.63, 3.8) is 0 Å². The molecule has 2 N–H and O–H groups in total. The van der Waals surface area contributed by atoms with Crippen LogP contribution in [0.1, 0.15) is 34.6 Å². The Kier molecular flexibility index (Phi) is 11.7. The SMILES string of the molecule is CN=C(NCCCc1c(C)noc1C)NCc1ccc(C)cc1OCCOC.I. The van der Waals surface area contributed by atoms with Crippen molar-refractivity contribution < 1.29 is 14.0 Å². The van der Waals surface area contributed by atoms with Crippen LogP contribution in [0.5, 0.6) is 5.75 Å². The number of hydrogen-bond donors (Lipinski definition) is 2. The van der Waals surface area contributed by atoms with Crippen LogP contribution in [0.3, 0.4) is 0 Å². The predicted molar refractivity (Wildman–Crippen MR) is 126 cm³/mol. The molecule has 8 heteroatoms. The molecule has 0 saturated carbocycles. The van der Waals surface area contributed by atoms with E-state index in [9.17, 15) is 0 Å². The Bertz CT molecular complexity index is 758. The second-order valence-electron chi connectivity index (χ2n) is 6.71. The summed E-state index contributed by atoms with van der Waals surface area (Å²) < 4.78 is 16.1. The highest BCUT2D eigenvalue weighted by Crippen LogP contribution is 2.20. The van der Waals surface area contributed by atoms with E-state index < -0.39 is 0 Å². The summed E-state index contributed by atoms with van der Waals surface area (Å²) in [6, 6.07) is 6.21. The fourth-order valence-corrected chi connectivity index (χ4v) is 2.91. The standard InChI is InChI=1S/C21H32N4O3.HI/c1-15-8-9-18(20(13-15)27-12-11-26-5)14-24-21(22-4)23-10-6-7-19-16(2)25-28-17(19)3;/h8-9,13H,6-7,10-12,14H2,1-5H3,(H2,22,23,24);1H. The average Bonchev–Trinajstić information content (AvgIpc) is 3.00. The normalized spacial score (nSPS) is 11.1. The maximum Gasteiger partial charge on any atom is 0.191 e. The Morgan fingerprint density at radius 3 is 2.62 bits per heavy atom. The summed E-state index contributed by atoms with van der Waals surface area (Å²) in [6.07, 6.45) is 1.90. The molecule has 0 radical (unpaired) electrons. The lowest BCUT2D eigenvalue weighted by Gasteiger charge is -2.15. The highest BCUT2D eigenvalue weighted by molar-refractivity contribution is 14.0. The van der Waals surface area contributed by atoms with Gasteiger partial charge in [0.25, 0.3) is 0 Å². The molecule has 0 aliphatic carbocycles. The lowest BCUT2D eigenvalue weighted by atomic mass is 10.1. The maximum absolute atomic E-state index is 5.85. The van der Waals surface area contributed by atoms with Crippen molar-refractivity contribution in [3.05, 3.63) is 46.3 Å².